The summed E-state index contributed by atoms with van der Waals surface area (Å²) in [4.78, 5) is 3.99. The summed E-state index contributed by atoms with van der Waals surface area (Å²) in [5.74, 6) is 1.51. The predicted molar refractivity (Wildman–Crippen MR) is 113 cm³/mol. The van der Waals surface area contributed by atoms with E-state index in [9.17, 15) is 0 Å². The molecule has 0 bridgehead atoms. The van der Waals surface area contributed by atoms with Crippen molar-refractivity contribution in [2.24, 2.45) is 5.92 Å². The highest BCUT2D eigenvalue weighted by Crippen LogP contribution is 2.35. The minimum atomic E-state index is 0.318. The van der Waals surface area contributed by atoms with Gasteiger partial charge in [0.1, 0.15) is 0 Å². The number of rotatable bonds is 5. The van der Waals surface area contributed by atoms with Crippen LogP contribution in [0.5, 0.6) is 0 Å². The van der Waals surface area contributed by atoms with Gasteiger partial charge in [0.05, 0.1) is 6.10 Å². The molecule has 1 heterocycles. The second kappa shape index (κ2) is 9.12. The fraction of sp³-hybridized carbons (Fsp3) is 0.739. The van der Waals surface area contributed by atoms with E-state index in [4.69, 9.17) is 4.74 Å². The average Bonchev–Trinajstić information content (AvgIpc) is 2.66. The molecule has 0 atom stereocenters. The van der Waals surface area contributed by atoms with E-state index in [2.05, 4.69) is 56.2 Å². The van der Waals surface area contributed by atoms with Crippen molar-refractivity contribution >= 4 is 11.8 Å². The van der Waals surface area contributed by atoms with Gasteiger partial charge in [-0.3, -0.25) is 4.90 Å². The standard InChI is InChI=1S/C23H37NOS/c1-23(2,3)24-15-13-18(14-16-24)17-25-21-9-5-19(6-10-21)20-7-11-22(26-4)12-8-20/h7-8,11-12,18-19,21H,5-6,9-10,13-17H2,1-4H3. The third-order valence-electron chi connectivity index (χ3n) is 6.39. The number of thioether (sulfide) groups is 1. The highest BCUT2D eigenvalue weighted by molar-refractivity contribution is 7.98. The van der Waals surface area contributed by atoms with Crippen molar-refractivity contribution in [3.63, 3.8) is 0 Å². The zero-order valence-electron chi connectivity index (χ0n) is 17.2. The summed E-state index contributed by atoms with van der Waals surface area (Å²) in [6.07, 6.45) is 10.3. The molecule has 0 unspecified atom stereocenters. The molecule has 1 aromatic carbocycles. The number of piperidine rings is 1. The lowest BCUT2D eigenvalue weighted by Crippen LogP contribution is -2.46. The van der Waals surface area contributed by atoms with E-state index < -0.39 is 0 Å². The first-order valence-electron chi connectivity index (χ1n) is 10.5. The Balaban J connectivity index is 1.37. The summed E-state index contributed by atoms with van der Waals surface area (Å²) >= 11 is 1.82. The summed E-state index contributed by atoms with van der Waals surface area (Å²) in [5, 5.41) is 0. The summed E-state index contributed by atoms with van der Waals surface area (Å²) in [6.45, 7) is 10.4. The largest absolute Gasteiger partial charge is 0.378 e. The SMILES string of the molecule is CSc1ccc(C2CCC(OCC3CCN(C(C)(C)C)CC3)CC2)cc1. The van der Waals surface area contributed by atoms with Crippen molar-refractivity contribution in [1.29, 1.82) is 0 Å². The molecule has 0 N–H and O–H groups in total. The van der Waals surface area contributed by atoms with Gasteiger partial charge in [-0.05, 0) is 108 Å². The molecule has 0 aromatic heterocycles. The summed E-state index contributed by atoms with van der Waals surface area (Å²) in [7, 11) is 0. The number of likely N-dealkylation sites (tertiary alicyclic amines) is 1. The molecule has 1 saturated carbocycles. The van der Waals surface area contributed by atoms with E-state index in [1.165, 1.54) is 62.1 Å². The van der Waals surface area contributed by atoms with Crippen molar-refractivity contribution in [3.8, 4) is 0 Å². The van der Waals surface area contributed by atoms with Crippen LogP contribution >= 0.6 is 11.8 Å². The van der Waals surface area contributed by atoms with Crippen LogP contribution in [0.25, 0.3) is 0 Å². The fourth-order valence-electron chi connectivity index (χ4n) is 4.48. The maximum atomic E-state index is 6.34. The smallest absolute Gasteiger partial charge is 0.0575 e. The van der Waals surface area contributed by atoms with Gasteiger partial charge in [-0.25, -0.2) is 0 Å². The quantitative estimate of drug-likeness (QED) is 0.589. The van der Waals surface area contributed by atoms with Crippen LogP contribution in [0, 0.1) is 5.92 Å². The molecule has 1 aliphatic carbocycles. The van der Waals surface area contributed by atoms with Crippen molar-refractivity contribution in [3.05, 3.63) is 29.8 Å². The topological polar surface area (TPSA) is 12.5 Å². The minimum absolute atomic E-state index is 0.318. The Morgan fingerprint density at radius 2 is 1.58 bits per heavy atom. The molecule has 0 radical (unpaired) electrons. The third-order valence-corrected chi connectivity index (χ3v) is 7.14. The molecule has 2 nitrogen and oxygen atoms in total. The van der Waals surface area contributed by atoms with E-state index in [0.29, 0.717) is 11.6 Å². The van der Waals surface area contributed by atoms with E-state index in [-0.39, 0.29) is 0 Å². The van der Waals surface area contributed by atoms with Gasteiger partial charge in [0.25, 0.3) is 0 Å². The monoisotopic (exact) mass is 375 g/mol. The highest BCUT2D eigenvalue weighted by Gasteiger charge is 2.28. The lowest BCUT2D eigenvalue weighted by atomic mass is 9.82. The molecule has 0 amide bonds. The molecule has 2 aliphatic rings. The van der Waals surface area contributed by atoms with Crippen LogP contribution in [-0.2, 0) is 4.74 Å². The first kappa shape index (κ1) is 20.2. The number of nitrogens with zero attached hydrogens (tertiary/aromatic N) is 1. The molecular weight excluding hydrogens is 338 g/mol. The number of hydrogen-bond donors (Lipinski definition) is 0. The average molecular weight is 376 g/mol. The molecular formula is C23H37NOS. The zero-order chi connectivity index (χ0) is 18.6. The Hall–Kier alpha value is -0.510. The Morgan fingerprint density at radius 3 is 2.12 bits per heavy atom. The Kier molecular flexibility index (Phi) is 7.10. The molecule has 1 aromatic rings. The maximum Gasteiger partial charge on any atom is 0.0575 e. The molecule has 146 valence electrons. The molecule has 26 heavy (non-hydrogen) atoms. The van der Waals surface area contributed by atoms with E-state index in [1.54, 1.807) is 0 Å². The van der Waals surface area contributed by atoms with Gasteiger partial charge in [0.15, 0.2) is 0 Å². The van der Waals surface area contributed by atoms with Crippen molar-refractivity contribution in [1.82, 2.24) is 4.90 Å². The summed E-state index contributed by atoms with van der Waals surface area (Å²) < 4.78 is 6.34. The first-order chi connectivity index (χ1) is 12.5. The minimum Gasteiger partial charge on any atom is -0.378 e. The zero-order valence-corrected chi connectivity index (χ0v) is 18.0. The number of hydrogen-bond acceptors (Lipinski definition) is 3. The maximum absolute atomic E-state index is 6.34. The van der Waals surface area contributed by atoms with Gasteiger partial charge in [-0.2, -0.15) is 0 Å². The van der Waals surface area contributed by atoms with Gasteiger partial charge in [0, 0.05) is 17.0 Å². The van der Waals surface area contributed by atoms with E-state index in [0.717, 1.165) is 18.4 Å². The van der Waals surface area contributed by atoms with Crippen molar-refractivity contribution in [2.45, 2.75) is 81.8 Å². The van der Waals surface area contributed by atoms with E-state index in [1.807, 2.05) is 11.8 Å². The van der Waals surface area contributed by atoms with Crippen LogP contribution < -0.4 is 0 Å². The molecule has 3 rings (SSSR count). The Labute approximate surface area is 165 Å². The van der Waals surface area contributed by atoms with Crippen LogP contribution in [0.15, 0.2) is 29.2 Å². The second-order valence-electron chi connectivity index (χ2n) is 9.18. The van der Waals surface area contributed by atoms with Crippen molar-refractivity contribution in [2.75, 3.05) is 26.0 Å². The van der Waals surface area contributed by atoms with Crippen LogP contribution in [0.2, 0.25) is 0 Å². The number of benzene rings is 1. The molecule has 2 fully saturated rings. The summed E-state index contributed by atoms with van der Waals surface area (Å²) in [5.41, 5.74) is 1.84. The molecule has 1 aliphatic heterocycles. The lowest BCUT2D eigenvalue weighted by molar-refractivity contribution is -0.0152. The van der Waals surface area contributed by atoms with E-state index >= 15 is 0 Å². The van der Waals surface area contributed by atoms with Crippen LogP contribution in [0.1, 0.15) is 70.8 Å². The normalized spacial score (nSPS) is 26.2. The molecule has 3 heteroatoms. The summed E-state index contributed by atoms with van der Waals surface area (Å²) in [6, 6.07) is 9.21. The van der Waals surface area contributed by atoms with Gasteiger partial charge < -0.3 is 4.74 Å². The first-order valence-corrected chi connectivity index (χ1v) is 11.7. The van der Waals surface area contributed by atoms with Gasteiger partial charge >= 0.3 is 0 Å². The fourth-order valence-corrected chi connectivity index (χ4v) is 4.89. The van der Waals surface area contributed by atoms with Crippen LogP contribution in [-0.4, -0.2) is 42.5 Å². The highest BCUT2D eigenvalue weighted by atomic mass is 32.2. The Bertz CT molecular complexity index is 534. The van der Waals surface area contributed by atoms with Crippen LogP contribution in [0.4, 0.5) is 0 Å². The lowest BCUT2D eigenvalue weighted by Gasteiger charge is -2.41. The third kappa shape index (κ3) is 5.50. The second-order valence-corrected chi connectivity index (χ2v) is 10.1. The van der Waals surface area contributed by atoms with Gasteiger partial charge in [-0.1, -0.05) is 12.1 Å². The van der Waals surface area contributed by atoms with Gasteiger partial charge in [0.2, 0.25) is 0 Å². The predicted octanol–water partition coefficient (Wildman–Crippen LogP) is 5.96. The molecule has 1 saturated heterocycles. The Morgan fingerprint density at radius 1 is 0.962 bits per heavy atom. The number of ether oxygens (including phenoxy) is 1. The molecule has 0 spiro atoms. The van der Waals surface area contributed by atoms with Crippen molar-refractivity contribution < 1.29 is 4.74 Å². The van der Waals surface area contributed by atoms with Gasteiger partial charge in [-0.15, -0.1) is 11.8 Å². The van der Waals surface area contributed by atoms with Crippen LogP contribution in [0.3, 0.4) is 0 Å².